The van der Waals surface area contributed by atoms with E-state index in [4.69, 9.17) is 9.47 Å². The van der Waals surface area contributed by atoms with Gasteiger partial charge in [0.15, 0.2) is 0 Å². The maximum atomic E-state index is 11.9. The first-order valence-electron chi connectivity index (χ1n) is 6.35. The SMILES string of the molecule is CC(C)(C)OCCOC(=O)C1(C)CCCNC1. The first-order valence-corrected chi connectivity index (χ1v) is 6.35. The van der Waals surface area contributed by atoms with Crippen LogP contribution in [0.2, 0.25) is 0 Å². The summed E-state index contributed by atoms with van der Waals surface area (Å²) in [6.07, 6.45) is 1.93. The molecule has 4 heteroatoms. The molecule has 1 rings (SSSR count). The third-order valence-electron chi connectivity index (χ3n) is 2.94. The monoisotopic (exact) mass is 243 g/mol. The van der Waals surface area contributed by atoms with Crippen molar-refractivity contribution in [2.75, 3.05) is 26.3 Å². The molecule has 0 saturated carbocycles. The molecule has 1 aliphatic heterocycles. The summed E-state index contributed by atoms with van der Waals surface area (Å²) in [5, 5.41) is 3.24. The Kier molecular flexibility index (Phi) is 4.95. The minimum Gasteiger partial charge on any atom is -0.463 e. The Bertz CT molecular complexity index is 252. The fraction of sp³-hybridized carbons (Fsp3) is 0.923. The highest BCUT2D eigenvalue weighted by molar-refractivity contribution is 5.76. The normalized spacial score (nSPS) is 25.6. The molecule has 0 aromatic rings. The summed E-state index contributed by atoms with van der Waals surface area (Å²) in [7, 11) is 0. The average molecular weight is 243 g/mol. The molecule has 0 bridgehead atoms. The van der Waals surface area contributed by atoms with E-state index in [0.717, 1.165) is 19.4 Å². The number of carbonyl (C=O) groups is 1. The van der Waals surface area contributed by atoms with Crippen molar-refractivity contribution in [1.82, 2.24) is 5.32 Å². The fourth-order valence-electron chi connectivity index (χ4n) is 1.89. The highest BCUT2D eigenvalue weighted by Gasteiger charge is 2.36. The van der Waals surface area contributed by atoms with Crippen LogP contribution in [0, 0.1) is 5.41 Å². The number of hydrogen-bond acceptors (Lipinski definition) is 4. The molecule has 4 nitrogen and oxygen atoms in total. The lowest BCUT2D eigenvalue weighted by Gasteiger charge is -2.31. The third-order valence-corrected chi connectivity index (χ3v) is 2.94. The van der Waals surface area contributed by atoms with Crippen LogP contribution in [0.3, 0.4) is 0 Å². The lowest BCUT2D eigenvalue weighted by molar-refractivity contribution is -0.159. The van der Waals surface area contributed by atoms with Gasteiger partial charge in [0.05, 0.1) is 17.6 Å². The lowest BCUT2D eigenvalue weighted by Crippen LogP contribution is -2.44. The maximum Gasteiger partial charge on any atom is 0.313 e. The molecule has 0 aromatic carbocycles. The Labute approximate surface area is 104 Å². The van der Waals surface area contributed by atoms with Gasteiger partial charge < -0.3 is 14.8 Å². The van der Waals surface area contributed by atoms with E-state index >= 15 is 0 Å². The van der Waals surface area contributed by atoms with E-state index in [1.165, 1.54) is 0 Å². The van der Waals surface area contributed by atoms with E-state index in [-0.39, 0.29) is 17.0 Å². The second kappa shape index (κ2) is 5.83. The topological polar surface area (TPSA) is 47.6 Å². The smallest absolute Gasteiger partial charge is 0.313 e. The van der Waals surface area contributed by atoms with Crippen LogP contribution in [-0.4, -0.2) is 37.9 Å². The van der Waals surface area contributed by atoms with Crippen LogP contribution in [0.1, 0.15) is 40.5 Å². The van der Waals surface area contributed by atoms with Crippen LogP contribution in [0.25, 0.3) is 0 Å². The Morgan fingerprint density at radius 3 is 2.59 bits per heavy atom. The van der Waals surface area contributed by atoms with Gasteiger partial charge in [-0.3, -0.25) is 4.79 Å². The molecule has 1 N–H and O–H groups in total. The first-order chi connectivity index (χ1) is 7.83. The predicted molar refractivity (Wildman–Crippen MR) is 66.9 cm³/mol. The zero-order valence-electron chi connectivity index (χ0n) is 11.5. The van der Waals surface area contributed by atoms with Crippen molar-refractivity contribution in [2.24, 2.45) is 5.41 Å². The number of ether oxygens (including phenoxy) is 2. The summed E-state index contributed by atoms with van der Waals surface area (Å²) < 4.78 is 10.8. The second-order valence-corrected chi connectivity index (χ2v) is 5.94. The highest BCUT2D eigenvalue weighted by atomic mass is 16.6. The molecule has 0 aliphatic carbocycles. The number of esters is 1. The molecule has 1 atom stereocenters. The molecule has 0 spiro atoms. The van der Waals surface area contributed by atoms with E-state index < -0.39 is 0 Å². The Hall–Kier alpha value is -0.610. The van der Waals surface area contributed by atoms with E-state index in [1.807, 2.05) is 27.7 Å². The molecular weight excluding hydrogens is 218 g/mol. The molecule has 17 heavy (non-hydrogen) atoms. The molecule has 1 unspecified atom stereocenters. The van der Waals surface area contributed by atoms with E-state index in [9.17, 15) is 4.79 Å². The maximum absolute atomic E-state index is 11.9. The van der Waals surface area contributed by atoms with Crippen LogP contribution in [-0.2, 0) is 14.3 Å². The van der Waals surface area contributed by atoms with Crippen LogP contribution < -0.4 is 5.32 Å². The fourth-order valence-corrected chi connectivity index (χ4v) is 1.89. The van der Waals surface area contributed by atoms with E-state index in [0.29, 0.717) is 19.8 Å². The van der Waals surface area contributed by atoms with E-state index in [1.54, 1.807) is 0 Å². The third kappa shape index (κ3) is 5.04. The second-order valence-electron chi connectivity index (χ2n) is 5.94. The van der Waals surface area contributed by atoms with Gasteiger partial charge in [0.25, 0.3) is 0 Å². The molecule has 0 aromatic heterocycles. The van der Waals surface area contributed by atoms with Gasteiger partial charge in [-0.2, -0.15) is 0 Å². The predicted octanol–water partition coefficient (Wildman–Crippen LogP) is 1.73. The molecular formula is C13H25NO3. The van der Waals surface area contributed by atoms with Crippen LogP contribution >= 0.6 is 0 Å². The van der Waals surface area contributed by atoms with Crippen LogP contribution in [0.4, 0.5) is 0 Å². The summed E-state index contributed by atoms with van der Waals surface area (Å²) in [5.41, 5.74) is -0.539. The van der Waals surface area contributed by atoms with Crippen molar-refractivity contribution >= 4 is 5.97 Å². The van der Waals surface area contributed by atoms with Crippen molar-refractivity contribution in [3.05, 3.63) is 0 Å². The highest BCUT2D eigenvalue weighted by Crippen LogP contribution is 2.26. The summed E-state index contributed by atoms with van der Waals surface area (Å²) in [6, 6.07) is 0. The quantitative estimate of drug-likeness (QED) is 0.603. The molecule has 1 fully saturated rings. The van der Waals surface area contributed by atoms with Crippen LogP contribution in [0.15, 0.2) is 0 Å². The van der Waals surface area contributed by atoms with Gasteiger partial charge in [-0.05, 0) is 47.1 Å². The van der Waals surface area contributed by atoms with Crippen molar-refractivity contribution in [3.63, 3.8) is 0 Å². The van der Waals surface area contributed by atoms with Gasteiger partial charge in [0.1, 0.15) is 6.61 Å². The van der Waals surface area contributed by atoms with Gasteiger partial charge in [0, 0.05) is 6.54 Å². The zero-order valence-corrected chi connectivity index (χ0v) is 11.5. The number of rotatable bonds is 4. The standard InChI is InChI=1S/C13H25NO3/c1-12(2,3)17-9-8-16-11(15)13(4)6-5-7-14-10-13/h14H,5-10H2,1-4H3. The first kappa shape index (κ1) is 14.5. The largest absolute Gasteiger partial charge is 0.463 e. The summed E-state index contributed by atoms with van der Waals surface area (Å²) in [6.45, 7) is 10.4. The van der Waals surface area contributed by atoms with Crippen molar-refractivity contribution in [2.45, 2.75) is 46.1 Å². The van der Waals surface area contributed by atoms with Crippen molar-refractivity contribution in [3.8, 4) is 0 Å². The minimum absolute atomic E-state index is 0.109. The van der Waals surface area contributed by atoms with Crippen molar-refractivity contribution in [1.29, 1.82) is 0 Å². The molecule has 0 amide bonds. The molecule has 100 valence electrons. The molecule has 1 saturated heterocycles. The number of piperidine rings is 1. The minimum atomic E-state index is -0.361. The zero-order chi connectivity index (χ0) is 12.9. The van der Waals surface area contributed by atoms with Crippen molar-refractivity contribution < 1.29 is 14.3 Å². The Morgan fingerprint density at radius 1 is 1.35 bits per heavy atom. The molecule has 1 aliphatic rings. The Morgan fingerprint density at radius 2 is 2.06 bits per heavy atom. The Balaban J connectivity index is 2.24. The number of hydrogen-bond donors (Lipinski definition) is 1. The van der Waals surface area contributed by atoms with E-state index in [2.05, 4.69) is 5.32 Å². The number of nitrogens with one attached hydrogen (secondary N) is 1. The lowest BCUT2D eigenvalue weighted by atomic mass is 9.83. The summed E-state index contributed by atoms with van der Waals surface area (Å²) >= 11 is 0. The average Bonchev–Trinajstić information content (AvgIpc) is 2.24. The summed E-state index contributed by atoms with van der Waals surface area (Å²) in [5.74, 6) is -0.109. The van der Waals surface area contributed by atoms with Gasteiger partial charge >= 0.3 is 5.97 Å². The molecule has 0 radical (unpaired) electrons. The van der Waals surface area contributed by atoms with Gasteiger partial charge in [0.2, 0.25) is 0 Å². The van der Waals surface area contributed by atoms with Crippen LogP contribution in [0.5, 0.6) is 0 Å². The van der Waals surface area contributed by atoms with Gasteiger partial charge in [-0.15, -0.1) is 0 Å². The summed E-state index contributed by atoms with van der Waals surface area (Å²) in [4.78, 5) is 11.9. The number of carbonyl (C=O) groups excluding carboxylic acids is 1. The van der Waals surface area contributed by atoms with Gasteiger partial charge in [-0.1, -0.05) is 0 Å². The molecule has 1 heterocycles. The van der Waals surface area contributed by atoms with Gasteiger partial charge in [-0.25, -0.2) is 0 Å².